The van der Waals surface area contributed by atoms with E-state index in [1.807, 2.05) is 6.07 Å². The van der Waals surface area contributed by atoms with Gasteiger partial charge in [-0.1, -0.05) is 12.1 Å². The molecule has 5 rings (SSSR count). The molecule has 10 nitrogen and oxygen atoms in total. The van der Waals surface area contributed by atoms with Gasteiger partial charge in [0.2, 0.25) is 11.8 Å². The molecule has 1 aliphatic carbocycles. The van der Waals surface area contributed by atoms with E-state index >= 15 is 0 Å². The Morgan fingerprint density at radius 3 is 2.61 bits per heavy atom. The second-order valence-corrected chi connectivity index (χ2v) is 8.49. The lowest BCUT2D eigenvalue weighted by Crippen LogP contribution is -2.54. The molecule has 1 saturated carbocycles. The fraction of sp³-hybridized carbons (Fsp3) is 0.304. The Bertz CT molecular complexity index is 1220. The van der Waals surface area contributed by atoms with Crippen LogP contribution >= 0.6 is 0 Å². The van der Waals surface area contributed by atoms with Crippen LogP contribution in [-0.2, 0) is 9.59 Å². The fourth-order valence-electron chi connectivity index (χ4n) is 4.80. The predicted molar refractivity (Wildman–Crippen MR) is 115 cm³/mol. The summed E-state index contributed by atoms with van der Waals surface area (Å²) in [4.78, 5) is 66.6. The quantitative estimate of drug-likeness (QED) is 0.577. The van der Waals surface area contributed by atoms with Crippen molar-refractivity contribution >= 4 is 35.2 Å². The number of hydrogen-bond donors (Lipinski definition) is 3. The third kappa shape index (κ3) is 3.43. The molecule has 2 aliphatic heterocycles. The zero-order chi connectivity index (χ0) is 23.3. The van der Waals surface area contributed by atoms with Crippen LogP contribution in [0.5, 0.6) is 0 Å². The molecule has 1 aromatic carbocycles. The van der Waals surface area contributed by atoms with Crippen molar-refractivity contribution < 1.29 is 24.0 Å². The van der Waals surface area contributed by atoms with Gasteiger partial charge in [-0.25, -0.2) is 0 Å². The Morgan fingerprint density at radius 1 is 1.09 bits per heavy atom. The lowest BCUT2D eigenvalue weighted by molar-refractivity contribution is -0.136. The number of nitrogens with one attached hydrogen (secondary N) is 2. The van der Waals surface area contributed by atoms with Crippen LogP contribution in [-0.4, -0.2) is 51.5 Å². The largest absolute Gasteiger partial charge is 0.382 e. The average Bonchev–Trinajstić information content (AvgIpc) is 3.01. The van der Waals surface area contributed by atoms with Crippen molar-refractivity contribution in [2.75, 3.05) is 5.32 Å². The van der Waals surface area contributed by atoms with Gasteiger partial charge in [0.1, 0.15) is 11.7 Å². The van der Waals surface area contributed by atoms with Crippen LogP contribution < -0.4 is 16.4 Å². The van der Waals surface area contributed by atoms with E-state index in [0.29, 0.717) is 18.5 Å². The molecule has 33 heavy (non-hydrogen) atoms. The third-order valence-corrected chi connectivity index (χ3v) is 6.48. The van der Waals surface area contributed by atoms with Gasteiger partial charge in [0.05, 0.1) is 11.1 Å². The van der Waals surface area contributed by atoms with E-state index in [0.717, 1.165) is 10.5 Å². The van der Waals surface area contributed by atoms with Gasteiger partial charge < -0.3 is 11.1 Å². The number of aromatic nitrogens is 1. The molecule has 0 radical (unpaired) electrons. The molecule has 1 aromatic heterocycles. The highest BCUT2D eigenvalue weighted by Gasteiger charge is 2.46. The van der Waals surface area contributed by atoms with E-state index in [-0.39, 0.29) is 41.6 Å². The monoisotopic (exact) mass is 447 g/mol. The van der Waals surface area contributed by atoms with Gasteiger partial charge in [0, 0.05) is 24.3 Å². The average molecular weight is 447 g/mol. The number of carbonyl (C=O) groups is 5. The zero-order valence-electron chi connectivity index (χ0n) is 17.5. The van der Waals surface area contributed by atoms with Crippen LogP contribution in [0.15, 0.2) is 36.5 Å². The number of benzene rings is 1. The lowest BCUT2D eigenvalue weighted by Gasteiger charge is -2.37. The number of carbonyl (C=O) groups excluding carboxylic acids is 5. The van der Waals surface area contributed by atoms with E-state index in [1.165, 1.54) is 6.20 Å². The Kier molecular flexibility index (Phi) is 4.92. The third-order valence-electron chi connectivity index (χ3n) is 6.48. The normalized spacial score (nSPS) is 24.2. The standard InChI is InChI=1S/C23H21N5O5/c24-20(30)19-13(4-2-8-25-19)11-9-12(10-11)26-15-5-1-3-14-18(15)23(33)28(22(14)32)16-6-7-17(29)27-21(16)31/h1-5,8,11-12,16,26H,6-7,9-10H2,(H2,24,30)(H,27,29,31). The smallest absolute Gasteiger partial charge is 0.267 e. The first-order chi connectivity index (χ1) is 15.8. The molecule has 10 heteroatoms. The summed E-state index contributed by atoms with van der Waals surface area (Å²) in [5, 5.41) is 5.52. The number of amides is 5. The maximum atomic E-state index is 13.2. The minimum absolute atomic E-state index is 0.0231. The molecule has 1 atom stereocenters. The lowest BCUT2D eigenvalue weighted by atomic mass is 9.75. The first-order valence-electron chi connectivity index (χ1n) is 10.7. The molecule has 168 valence electrons. The van der Waals surface area contributed by atoms with Gasteiger partial charge >= 0.3 is 0 Å². The number of primary amides is 1. The Hall–Kier alpha value is -4.08. The maximum absolute atomic E-state index is 13.2. The number of fused-ring (bicyclic) bond motifs is 1. The van der Waals surface area contributed by atoms with Gasteiger partial charge in [0.25, 0.3) is 17.7 Å². The second-order valence-electron chi connectivity index (χ2n) is 8.49. The first-order valence-corrected chi connectivity index (χ1v) is 10.7. The van der Waals surface area contributed by atoms with Crippen LogP contribution in [0.25, 0.3) is 0 Å². The minimum Gasteiger partial charge on any atom is -0.382 e. The highest BCUT2D eigenvalue weighted by Crippen LogP contribution is 2.41. The van der Waals surface area contributed by atoms with E-state index in [9.17, 15) is 24.0 Å². The van der Waals surface area contributed by atoms with Gasteiger partial charge in [-0.05, 0) is 48.9 Å². The highest BCUT2D eigenvalue weighted by atomic mass is 16.2. The van der Waals surface area contributed by atoms with E-state index in [4.69, 9.17) is 5.73 Å². The number of nitrogens with zero attached hydrogens (tertiary/aromatic N) is 2. The summed E-state index contributed by atoms with van der Waals surface area (Å²) < 4.78 is 0. The van der Waals surface area contributed by atoms with Crippen LogP contribution in [0, 0.1) is 0 Å². The number of piperidine rings is 1. The molecule has 1 unspecified atom stereocenters. The summed E-state index contributed by atoms with van der Waals surface area (Å²) in [6.07, 6.45) is 3.11. The SMILES string of the molecule is NC(=O)c1ncccc1C1CC(Nc2cccc3c2C(=O)N(C2CCC(=O)NC2=O)C3=O)C1. The summed E-state index contributed by atoms with van der Waals surface area (Å²) in [6, 6.07) is 7.59. The molecule has 2 aromatic rings. The Labute approximate surface area is 188 Å². The zero-order valence-corrected chi connectivity index (χ0v) is 17.5. The van der Waals surface area contributed by atoms with Crippen molar-refractivity contribution in [1.82, 2.24) is 15.2 Å². The van der Waals surface area contributed by atoms with Crippen LogP contribution in [0.2, 0.25) is 0 Å². The molecule has 0 bridgehead atoms. The molecule has 1 saturated heterocycles. The fourth-order valence-corrected chi connectivity index (χ4v) is 4.80. The van der Waals surface area contributed by atoms with Crippen molar-refractivity contribution in [2.24, 2.45) is 5.73 Å². The van der Waals surface area contributed by atoms with Crippen LogP contribution in [0.3, 0.4) is 0 Å². The van der Waals surface area contributed by atoms with Gasteiger partial charge in [-0.3, -0.25) is 39.2 Å². The number of imide groups is 2. The van der Waals surface area contributed by atoms with E-state index in [1.54, 1.807) is 24.3 Å². The minimum atomic E-state index is -1.01. The molecule has 4 N–H and O–H groups in total. The summed E-state index contributed by atoms with van der Waals surface area (Å²) in [5.41, 5.74) is 7.48. The molecule has 0 spiro atoms. The van der Waals surface area contributed by atoms with E-state index in [2.05, 4.69) is 15.6 Å². The molecule has 5 amide bonds. The molecule has 2 fully saturated rings. The summed E-state index contributed by atoms with van der Waals surface area (Å²) in [5.74, 6) is -2.61. The van der Waals surface area contributed by atoms with Crippen LogP contribution in [0.4, 0.5) is 5.69 Å². The molecule has 3 heterocycles. The summed E-state index contributed by atoms with van der Waals surface area (Å²) in [6.45, 7) is 0. The molecular weight excluding hydrogens is 426 g/mol. The first kappa shape index (κ1) is 20.8. The number of anilines is 1. The number of rotatable bonds is 5. The molecular formula is C23H21N5O5. The predicted octanol–water partition coefficient (Wildman–Crippen LogP) is 0.940. The Balaban J connectivity index is 1.33. The van der Waals surface area contributed by atoms with Gasteiger partial charge in [0.15, 0.2) is 0 Å². The number of hydrogen-bond acceptors (Lipinski definition) is 7. The second kappa shape index (κ2) is 7.80. The van der Waals surface area contributed by atoms with Crippen molar-refractivity contribution in [3.8, 4) is 0 Å². The maximum Gasteiger partial charge on any atom is 0.267 e. The van der Waals surface area contributed by atoms with Crippen molar-refractivity contribution in [3.05, 3.63) is 58.9 Å². The van der Waals surface area contributed by atoms with Crippen LogP contribution in [0.1, 0.15) is 68.4 Å². The van der Waals surface area contributed by atoms with E-state index < -0.39 is 35.6 Å². The van der Waals surface area contributed by atoms with Gasteiger partial charge in [-0.15, -0.1) is 0 Å². The number of nitrogens with two attached hydrogens (primary N) is 1. The van der Waals surface area contributed by atoms with Crippen molar-refractivity contribution in [3.63, 3.8) is 0 Å². The molecule has 3 aliphatic rings. The highest BCUT2D eigenvalue weighted by molar-refractivity contribution is 6.25. The summed E-state index contributed by atoms with van der Waals surface area (Å²) >= 11 is 0. The van der Waals surface area contributed by atoms with Crippen molar-refractivity contribution in [2.45, 2.75) is 43.7 Å². The number of pyridine rings is 1. The van der Waals surface area contributed by atoms with Gasteiger partial charge in [-0.2, -0.15) is 0 Å². The Morgan fingerprint density at radius 2 is 1.88 bits per heavy atom. The van der Waals surface area contributed by atoms with Crippen molar-refractivity contribution in [1.29, 1.82) is 0 Å². The summed E-state index contributed by atoms with van der Waals surface area (Å²) in [7, 11) is 0. The topological polar surface area (TPSA) is 152 Å².